The zero-order chi connectivity index (χ0) is 15.8. The average molecular weight is 293 g/mol. The summed E-state index contributed by atoms with van der Waals surface area (Å²) >= 11 is 0. The second-order valence-electron chi connectivity index (χ2n) is 4.90. The molecule has 21 heavy (non-hydrogen) atoms. The fourth-order valence-corrected chi connectivity index (χ4v) is 2.48. The number of carboxylic acids is 1. The lowest BCUT2D eigenvalue weighted by Gasteiger charge is -2.26. The molecule has 0 aliphatic rings. The van der Waals surface area contributed by atoms with Crippen LogP contribution in [0.5, 0.6) is 0 Å². The molecule has 0 aliphatic heterocycles. The van der Waals surface area contributed by atoms with E-state index in [9.17, 15) is 9.59 Å². The molecule has 0 saturated carbocycles. The zero-order valence-corrected chi connectivity index (χ0v) is 12.5. The van der Waals surface area contributed by atoms with Gasteiger partial charge in [-0.15, -0.1) is 0 Å². The Morgan fingerprint density at radius 3 is 2.48 bits per heavy atom. The molecule has 5 heteroatoms. The number of aliphatic carboxylic acids is 1. The lowest BCUT2D eigenvalue weighted by molar-refractivity contribution is -0.141. The van der Waals surface area contributed by atoms with Gasteiger partial charge in [0.25, 0.3) is 0 Å². The van der Waals surface area contributed by atoms with Crippen molar-refractivity contribution >= 4 is 11.9 Å². The van der Waals surface area contributed by atoms with Crippen LogP contribution in [0.25, 0.3) is 0 Å². The van der Waals surface area contributed by atoms with Gasteiger partial charge in [0.05, 0.1) is 13.0 Å². The number of hydrogen-bond donors (Lipinski definition) is 2. The fourth-order valence-electron chi connectivity index (χ4n) is 2.48. The summed E-state index contributed by atoms with van der Waals surface area (Å²) in [6, 6.07) is 7.88. The molecule has 116 valence electrons. The fraction of sp³-hybridized carbons (Fsp3) is 0.500. The normalized spacial score (nSPS) is 13.6. The first-order valence-corrected chi connectivity index (χ1v) is 7.21. The van der Waals surface area contributed by atoms with Crippen LogP contribution >= 0.6 is 0 Å². The number of hydrogen-bond acceptors (Lipinski definition) is 3. The molecule has 0 aliphatic carbocycles. The zero-order valence-electron chi connectivity index (χ0n) is 12.5. The third-order valence-corrected chi connectivity index (χ3v) is 3.53. The van der Waals surface area contributed by atoms with Crippen molar-refractivity contribution in [2.75, 3.05) is 6.61 Å². The van der Waals surface area contributed by atoms with Crippen LogP contribution in [0, 0.1) is 0 Å². The summed E-state index contributed by atoms with van der Waals surface area (Å²) in [5.74, 6) is -1.68. The quantitative estimate of drug-likeness (QED) is 0.729. The summed E-state index contributed by atoms with van der Waals surface area (Å²) in [6.45, 7) is 4.00. The number of aryl methyl sites for hydroxylation is 1. The summed E-state index contributed by atoms with van der Waals surface area (Å²) in [4.78, 5) is 22.3. The minimum atomic E-state index is -0.958. The summed E-state index contributed by atoms with van der Waals surface area (Å²) in [5.41, 5.74) is 7.64. The van der Waals surface area contributed by atoms with E-state index in [1.807, 2.05) is 31.2 Å². The Balaban J connectivity index is 2.96. The Morgan fingerprint density at radius 1 is 1.29 bits per heavy atom. The van der Waals surface area contributed by atoms with E-state index in [-0.39, 0.29) is 18.9 Å². The molecule has 1 aromatic rings. The SMILES string of the molecule is CCc1ccccc1C(CC)C(OCCC(=O)O)C(N)=O. The van der Waals surface area contributed by atoms with Crippen LogP contribution in [-0.2, 0) is 20.7 Å². The predicted octanol–water partition coefficient (Wildman–Crippen LogP) is 2.09. The Morgan fingerprint density at radius 2 is 1.95 bits per heavy atom. The topological polar surface area (TPSA) is 89.6 Å². The molecule has 2 unspecified atom stereocenters. The third kappa shape index (κ3) is 4.86. The molecule has 1 amide bonds. The molecule has 5 nitrogen and oxygen atoms in total. The number of primary amides is 1. The maximum absolute atomic E-state index is 11.7. The highest BCUT2D eigenvalue weighted by molar-refractivity contribution is 5.80. The molecule has 1 rings (SSSR count). The van der Waals surface area contributed by atoms with Gasteiger partial charge in [-0.3, -0.25) is 9.59 Å². The van der Waals surface area contributed by atoms with E-state index < -0.39 is 18.0 Å². The van der Waals surface area contributed by atoms with Crippen LogP contribution in [0.3, 0.4) is 0 Å². The maximum atomic E-state index is 11.7. The van der Waals surface area contributed by atoms with Gasteiger partial charge in [-0.25, -0.2) is 0 Å². The Kier molecular flexibility index (Phi) is 6.88. The Labute approximate surface area is 125 Å². The number of rotatable bonds is 9. The van der Waals surface area contributed by atoms with E-state index >= 15 is 0 Å². The first kappa shape index (κ1) is 17.2. The van der Waals surface area contributed by atoms with Crippen LogP contribution in [0.15, 0.2) is 24.3 Å². The van der Waals surface area contributed by atoms with Gasteiger partial charge in [0, 0.05) is 5.92 Å². The van der Waals surface area contributed by atoms with E-state index in [1.165, 1.54) is 0 Å². The molecule has 0 spiro atoms. The van der Waals surface area contributed by atoms with Gasteiger partial charge in [-0.1, -0.05) is 38.1 Å². The van der Waals surface area contributed by atoms with Gasteiger partial charge < -0.3 is 15.6 Å². The monoisotopic (exact) mass is 293 g/mol. The van der Waals surface area contributed by atoms with Crippen molar-refractivity contribution in [1.82, 2.24) is 0 Å². The first-order valence-electron chi connectivity index (χ1n) is 7.21. The van der Waals surface area contributed by atoms with Crippen molar-refractivity contribution in [1.29, 1.82) is 0 Å². The van der Waals surface area contributed by atoms with Crippen molar-refractivity contribution in [3.05, 3.63) is 35.4 Å². The lowest BCUT2D eigenvalue weighted by atomic mass is 9.86. The molecule has 0 radical (unpaired) electrons. The summed E-state index contributed by atoms with van der Waals surface area (Å²) in [7, 11) is 0. The second kappa shape index (κ2) is 8.42. The van der Waals surface area contributed by atoms with Crippen LogP contribution in [0.4, 0.5) is 0 Å². The molecule has 1 aromatic carbocycles. The van der Waals surface area contributed by atoms with Crippen molar-refractivity contribution in [2.24, 2.45) is 5.73 Å². The Bertz CT molecular complexity index is 487. The van der Waals surface area contributed by atoms with Gasteiger partial charge in [-0.05, 0) is 24.0 Å². The van der Waals surface area contributed by atoms with Crippen molar-refractivity contribution in [2.45, 2.75) is 45.1 Å². The van der Waals surface area contributed by atoms with E-state index in [0.29, 0.717) is 6.42 Å². The highest BCUT2D eigenvalue weighted by Gasteiger charge is 2.28. The molecule has 3 N–H and O–H groups in total. The number of carboxylic acid groups (broad SMARTS) is 1. The van der Waals surface area contributed by atoms with E-state index in [1.54, 1.807) is 0 Å². The molecule has 0 bridgehead atoms. The van der Waals surface area contributed by atoms with E-state index in [0.717, 1.165) is 17.5 Å². The van der Waals surface area contributed by atoms with Crippen LogP contribution < -0.4 is 5.73 Å². The predicted molar refractivity (Wildman–Crippen MR) is 80.0 cm³/mol. The number of nitrogens with two attached hydrogens (primary N) is 1. The van der Waals surface area contributed by atoms with Gasteiger partial charge in [0.2, 0.25) is 5.91 Å². The number of ether oxygens (including phenoxy) is 1. The second-order valence-corrected chi connectivity index (χ2v) is 4.90. The number of carbonyl (C=O) groups excluding carboxylic acids is 1. The minimum Gasteiger partial charge on any atom is -0.481 e. The van der Waals surface area contributed by atoms with Gasteiger partial charge >= 0.3 is 5.97 Å². The van der Waals surface area contributed by atoms with Gasteiger partial charge in [0.15, 0.2) is 0 Å². The van der Waals surface area contributed by atoms with Gasteiger partial charge in [-0.2, -0.15) is 0 Å². The number of carbonyl (C=O) groups is 2. The van der Waals surface area contributed by atoms with Gasteiger partial charge in [0.1, 0.15) is 6.10 Å². The molecule has 0 aromatic heterocycles. The van der Waals surface area contributed by atoms with Crippen LogP contribution in [-0.4, -0.2) is 29.7 Å². The number of amides is 1. The molecule has 2 atom stereocenters. The summed E-state index contributed by atoms with van der Waals surface area (Å²) < 4.78 is 5.47. The molecule has 0 saturated heterocycles. The number of benzene rings is 1. The summed E-state index contributed by atoms with van der Waals surface area (Å²) in [6.07, 6.45) is 0.600. The smallest absolute Gasteiger partial charge is 0.305 e. The minimum absolute atomic E-state index is 0.0201. The molecular formula is C16H23NO4. The van der Waals surface area contributed by atoms with Crippen LogP contribution in [0.2, 0.25) is 0 Å². The standard InChI is InChI=1S/C16H23NO4/c1-3-11-7-5-6-8-13(11)12(4-2)15(16(17)20)21-10-9-14(18)19/h5-8,12,15H,3-4,9-10H2,1-2H3,(H2,17,20)(H,18,19). The van der Waals surface area contributed by atoms with Crippen molar-refractivity contribution in [3.63, 3.8) is 0 Å². The highest BCUT2D eigenvalue weighted by Crippen LogP contribution is 2.29. The Hall–Kier alpha value is -1.88. The third-order valence-electron chi connectivity index (χ3n) is 3.53. The summed E-state index contributed by atoms with van der Waals surface area (Å²) in [5, 5.41) is 8.66. The maximum Gasteiger partial charge on any atom is 0.305 e. The molecule has 0 fully saturated rings. The van der Waals surface area contributed by atoms with E-state index in [2.05, 4.69) is 6.92 Å². The molecule has 0 heterocycles. The molecular weight excluding hydrogens is 270 g/mol. The lowest BCUT2D eigenvalue weighted by Crippen LogP contribution is -2.37. The van der Waals surface area contributed by atoms with E-state index in [4.69, 9.17) is 15.6 Å². The van der Waals surface area contributed by atoms with Crippen molar-refractivity contribution in [3.8, 4) is 0 Å². The van der Waals surface area contributed by atoms with Crippen molar-refractivity contribution < 1.29 is 19.4 Å². The highest BCUT2D eigenvalue weighted by atomic mass is 16.5. The van der Waals surface area contributed by atoms with Crippen LogP contribution in [0.1, 0.15) is 43.7 Å². The largest absolute Gasteiger partial charge is 0.481 e. The average Bonchev–Trinajstić information content (AvgIpc) is 2.46. The first-order chi connectivity index (χ1) is 10.0.